The van der Waals surface area contributed by atoms with Crippen molar-refractivity contribution in [2.45, 2.75) is 32.7 Å². The fourth-order valence-electron chi connectivity index (χ4n) is 5.07. The van der Waals surface area contributed by atoms with Gasteiger partial charge in [0.2, 0.25) is 0 Å². The Hall–Kier alpha value is -3.55. The molecule has 0 bridgehead atoms. The molecule has 0 radical (unpaired) electrons. The molecule has 0 saturated heterocycles. The van der Waals surface area contributed by atoms with E-state index in [4.69, 9.17) is 9.72 Å². The van der Waals surface area contributed by atoms with Crippen molar-refractivity contribution in [3.63, 3.8) is 0 Å². The van der Waals surface area contributed by atoms with E-state index in [2.05, 4.69) is 26.8 Å². The molecule has 2 aromatic heterocycles. The van der Waals surface area contributed by atoms with Gasteiger partial charge in [-0.3, -0.25) is 14.8 Å². The highest BCUT2D eigenvalue weighted by Gasteiger charge is 2.30. The second-order valence-corrected chi connectivity index (χ2v) is 9.29. The molecule has 0 amide bonds. The zero-order valence-corrected chi connectivity index (χ0v) is 18.9. The van der Waals surface area contributed by atoms with Crippen LogP contribution in [-0.4, -0.2) is 56.5 Å². The number of ketones is 1. The third kappa shape index (κ3) is 3.50. The average Bonchev–Trinajstić information content (AvgIpc) is 3.10. The maximum atomic E-state index is 12.3. The van der Waals surface area contributed by atoms with Crippen molar-refractivity contribution in [3.05, 3.63) is 53.7 Å². The van der Waals surface area contributed by atoms with Crippen LogP contribution in [0.15, 0.2) is 47.2 Å². The average molecular weight is 443 g/mol. The summed E-state index contributed by atoms with van der Waals surface area (Å²) in [5, 5.41) is 15.2. The lowest BCUT2D eigenvalue weighted by Gasteiger charge is -2.27. The van der Waals surface area contributed by atoms with Crippen LogP contribution in [0.4, 0.5) is 0 Å². The minimum atomic E-state index is -0.258. The molecule has 5 heterocycles. The number of pyridine rings is 1. The molecule has 6 rings (SSSR count). The second-order valence-electron chi connectivity index (χ2n) is 9.29. The summed E-state index contributed by atoms with van der Waals surface area (Å²) in [7, 11) is 1.82. The number of carbonyl (C=O) groups is 1. The van der Waals surface area contributed by atoms with Crippen molar-refractivity contribution in [1.82, 2.24) is 24.8 Å². The quantitative estimate of drug-likeness (QED) is 0.711. The summed E-state index contributed by atoms with van der Waals surface area (Å²) in [5.74, 6) is 3.17. The van der Waals surface area contributed by atoms with Crippen LogP contribution >= 0.6 is 0 Å². The molecule has 1 aliphatic carbocycles. The summed E-state index contributed by atoms with van der Waals surface area (Å²) in [6.45, 7) is 4.01. The van der Waals surface area contributed by atoms with Gasteiger partial charge in [0.1, 0.15) is 23.9 Å². The SMILES string of the molecule is CC1CCCn2c(nnc2-c2cnc3c(c2)OCC=C3C2=CC3=NN(C)CC(=O)C3C=C2)C1. The predicted molar refractivity (Wildman–Crippen MR) is 125 cm³/mol. The molecular formula is C25H26N6O2. The van der Waals surface area contributed by atoms with E-state index in [9.17, 15) is 4.79 Å². The van der Waals surface area contributed by atoms with Gasteiger partial charge in [0, 0.05) is 37.3 Å². The smallest absolute Gasteiger partial charge is 0.166 e. The van der Waals surface area contributed by atoms with E-state index in [0.29, 0.717) is 19.1 Å². The molecular weight excluding hydrogens is 416 g/mol. The fraction of sp³-hybridized carbons (Fsp3) is 0.400. The van der Waals surface area contributed by atoms with Crippen LogP contribution in [0.2, 0.25) is 0 Å². The molecule has 0 N–H and O–H groups in total. The Balaban J connectivity index is 1.34. The monoisotopic (exact) mass is 442 g/mol. The van der Waals surface area contributed by atoms with E-state index >= 15 is 0 Å². The number of carbonyl (C=O) groups excluding carboxylic acids is 1. The highest BCUT2D eigenvalue weighted by molar-refractivity contribution is 6.16. The summed E-state index contributed by atoms with van der Waals surface area (Å²) >= 11 is 0. The maximum absolute atomic E-state index is 12.3. The molecule has 8 heteroatoms. The van der Waals surface area contributed by atoms with E-state index in [0.717, 1.165) is 64.9 Å². The van der Waals surface area contributed by atoms with Crippen LogP contribution in [0.3, 0.4) is 0 Å². The molecule has 4 aliphatic rings. The number of hydrazone groups is 1. The predicted octanol–water partition coefficient (Wildman–Crippen LogP) is 3.07. The molecule has 0 aromatic carbocycles. The summed E-state index contributed by atoms with van der Waals surface area (Å²) in [5.41, 5.74) is 4.47. The first-order chi connectivity index (χ1) is 16.1. The number of allylic oxidation sites excluding steroid dienone is 5. The molecule has 33 heavy (non-hydrogen) atoms. The molecule has 168 valence electrons. The van der Waals surface area contributed by atoms with Crippen LogP contribution < -0.4 is 4.74 Å². The Kier molecular flexibility index (Phi) is 4.74. The van der Waals surface area contributed by atoms with Gasteiger partial charge in [0.25, 0.3) is 0 Å². The van der Waals surface area contributed by atoms with Gasteiger partial charge < -0.3 is 9.30 Å². The van der Waals surface area contributed by atoms with Crippen LogP contribution in [0.1, 0.15) is 31.3 Å². The van der Waals surface area contributed by atoms with E-state index in [1.807, 2.05) is 43.6 Å². The fourth-order valence-corrected chi connectivity index (χ4v) is 5.07. The Morgan fingerprint density at radius 1 is 1.24 bits per heavy atom. The number of Topliss-reactive ketones (excluding diaryl/α,β-unsaturated/α-hetero) is 1. The number of rotatable bonds is 2. The Morgan fingerprint density at radius 3 is 3.06 bits per heavy atom. The lowest BCUT2D eigenvalue weighted by atomic mass is 9.86. The standard InChI is InChI=1S/C25H26N6O2/c1-15-4-3-8-31-23(10-15)27-28-25(31)17-12-22-24(26-13-17)18(7-9-33-22)16-5-6-19-20(11-16)29-30(2)14-21(19)32/h5-7,11-13,15,19H,3-4,8-10,14H2,1-2H3. The van der Waals surface area contributed by atoms with Crippen molar-refractivity contribution in [3.8, 4) is 17.1 Å². The van der Waals surface area contributed by atoms with Crippen molar-refractivity contribution >= 4 is 17.1 Å². The highest BCUT2D eigenvalue weighted by Crippen LogP contribution is 2.37. The summed E-state index contributed by atoms with van der Waals surface area (Å²) in [4.78, 5) is 17.1. The molecule has 0 fully saturated rings. The van der Waals surface area contributed by atoms with Crippen molar-refractivity contribution < 1.29 is 9.53 Å². The second kappa shape index (κ2) is 7.79. The molecule has 8 nitrogen and oxygen atoms in total. The summed E-state index contributed by atoms with van der Waals surface area (Å²) in [6.07, 6.45) is 13.1. The van der Waals surface area contributed by atoms with Crippen molar-refractivity contribution in [1.29, 1.82) is 0 Å². The highest BCUT2D eigenvalue weighted by atomic mass is 16.5. The first kappa shape index (κ1) is 20.1. The minimum absolute atomic E-state index is 0.167. The van der Waals surface area contributed by atoms with Crippen LogP contribution in [0.25, 0.3) is 17.0 Å². The molecule has 2 aromatic rings. The first-order valence-electron chi connectivity index (χ1n) is 11.6. The van der Waals surface area contributed by atoms with Crippen molar-refractivity contribution in [2.24, 2.45) is 16.9 Å². The van der Waals surface area contributed by atoms with Gasteiger partial charge in [-0.05, 0) is 42.6 Å². The van der Waals surface area contributed by atoms with Gasteiger partial charge in [-0.1, -0.05) is 19.1 Å². The van der Waals surface area contributed by atoms with Crippen LogP contribution in [0, 0.1) is 11.8 Å². The van der Waals surface area contributed by atoms with E-state index in [-0.39, 0.29) is 11.7 Å². The number of likely N-dealkylation sites (N-methyl/N-ethyl adjacent to an activating group) is 1. The van der Waals surface area contributed by atoms with Gasteiger partial charge in [-0.15, -0.1) is 10.2 Å². The van der Waals surface area contributed by atoms with E-state index < -0.39 is 0 Å². The minimum Gasteiger partial charge on any atom is -0.487 e. The number of hydrogen-bond donors (Lipinski definition) is 0. The number of aromatic nitrogens is 4. The lowest BCUT2D eigenvalue weighted by Crippen LogP contribution is -2.37. The molecule has 0 spiro atoms. The number of ether oxygens (including phenoxy) is 1. The van der Waals surface area contributed by atoms with Gasteiger partial charge in [-0.25, -0.2) is 0 Å². The summed E-state index contributed by atoms with van der Waals surface area (Å²) < 4.78 is 8.20. The van der Waals surface area contributed by atoms with Gasteiger partial charge in [-0.2, -0.15) is 5.10 Å². The van der Waals surface area contributed by atoms with Gasteiger partial charge in [0.15, 0.2) is 11.6 Å². The maximum Gasteiger partial charge on any atom is 0.166 e. The zero-order valence-electron chi connectivity index (χ0n) is 18.9. The third-order valence-electron chi connectivity index (χ3n) is 6.75. The number of hydrogen-bond acceptors (Lipinski definition) is 7. The summed E-state index contributed by atoms with van der Waals surface area (Å²) in [6, 6.07) is 2.02. The molecule has 0 saturated carbocycles. The van der Waals surface area contributed by atoms with Crippen molar-refractivity contribution in [2.75, 3.05) is 20.2 Å². The number of nitrogens with zero attached hydrogens (tertiary/aromatic N) is 6. The normalized spacial score (nSPS) is 24.0. The van der Waals surface area contributed by atoms with Crippen LogP contribution in [0.5, 0.6) is 5.75 Å². The number of fused-ring (bicyclic) bond motifs is 3. The first-order valence-corrected chi connectivity index (χ1v) is 11.6. The molecule has 2 atom stereocenters. The largest absolute Gasteiger partial charge is 0.487 e. The van der Waals surface area contributed by atoms with E-state index in [1.165, 1.54) is 6.42 Å². The Bertz CT molecular complexity index is 1270. The zero-order chi connectivity index (χ0) is 22.5. The van der Waals surface area contributed by atoms with Crippen LogP contribution in [-0.2, 0) is 17.8 Å². The topological polar surface area (TPSA) is 85.5 Å². The van der Waals surface area contributed by atoms with E-state index in [1.54, 1.807) is 5.01 Å². The Labute approximate surface area is 192 Å². The lowest BCUT2D eigenvalue weighted by molar-refractivity contribution is -0.121. The van der Waals surface area contributed by atoms with Gasteiger partial charge >= 0.3 is 0 Å². The Morgan fingerprint density at radius 2 is 2.15 bits per heavy atom. The molecule has 2 unspecified atom stereocenters. The molecule has 3 aliphatic heterocycles. The van der Waals surface area contributed by atoms with Gasteiger partial charge in [0.05, 0.1) is 18.2 Å². The third-order valence-corrected chi connectivity index (χ3v) is 6.75.